The molecule has 1 aliphatic rings. The predicted octanol–water partition coefficient (Wildman–Crippen LogP) is 1.48. The smallest absolute Gasteiger partial charge is 0.165 e. The van der Waals surface area contributed by atoms with Gasteiger partial charge < -0.3 is 10.1 Å². The topological polar surface area (TPSA) is 21.3 Å². The lowest BCUT2D eigenvalue weighted by Gasteiger charge is -2.17. The van der Waals surface area contributed by atoms with Crippen molar-refractivity contribution in [3.05, 3.63) is 29.1 Å². The second-order valence-electron chi connectivity index (χ2n) is 3.18. The molecule has 3 heteroatoms. The normalized spacial score (nSPS) is 15.2. The molecule has 0 spiro atoms. The maximum atomic E-state index is 13.2. The number of hydrogen-bond acceptors (Lipinski definition) is 2. The van der Waals surface area contributed by atoms with Crippen LogP contribution in [0.25, 0.3) is 0 Å². The lowest BCUT2D eigenvalue weighted by Crippen LogP contribution is -2.23. The summed E-state index contributed by atoms with van der Waals surface area (Å²) < 4.78 is 18.1. The summed E-state index contributed by atoms with van der Waals surface area (Å²) in [5.74, 6) is 0.0746. The standard InChI is InChI=1S/C10H12FNO/c1-13-10-5-8-6-12-3-2-7(8)4-9(10)11/h4-5,12H,2-3,6H2,1H3. The van der Waals surface area contributed by atoms with Crippen LogP contribution in [0.3, 0.4) is 0 Å². The minimum atomic E-state index is -0.261. The van der Waals surface area contributed by atoms with Crippen molar-refractivity contribution in [2.24, 2.45) is 0 Å². The molecule has 1 aliphatic heterocycles. The number of hydrogen-bond donors (Lipinski definition) is 1. The van der Waals surface area contributed by atoms with Crippen LogP contribution in [0.4, 0.5) is 4.39 Å². The number of ether oxygens (including phenoxy) is 1. The summed E-state index contributed by atoms with van der Waals surface area (Å²) in [6.45, 7) is 1.74. The van der Waals surface area contributed by atoms with Gasteiger partial charge in [0.25, 0.3) is 0 Å². The van der Waals surface area contributed by atoms with Gasteiger partial charge in [0, 0.05) is 6.54 Å². The van der Waals surface area contributed by atoms with Crippen LogP contribution in [0.15, 0.2) is 12.1 Å². The fraction of sp³-hybridized carbons (Fsp3) is 0.400. The molecule has 1 heterocycles. The van der Waals surface area contributed by atoms with Crippen LogP contribution in [0.1, 0.15) is 11.1 Å². The highest BCUT2D eigenvalue weighted by Gasteiger charge is 2.12. The molecule has 0 bridgehead atoms. The molecule has 0 fully saturated rings. The molecule has 1 aromatic rings. The molecule has 0 amide bonds. The number of benzene rings is 1. The van der Waals surface area contributed by atoms with Crippen LogP contribution < -0.4 is 10.1 Å². The molecule has 1 N–H and O–H groups in total. The monoisotopic (exact) mass is 181 g/mol. The van der Waals surface area contributed by atoms with E-state index in [1.807, 2.05) is 0 Å². The van der Waals surface area contributed by atoms with Crippen molar-refractivity contribution in [2.45, 2.75) is 13.0 Å². The van der Waals surface area contributed by atoms with Gasteiger partial charge in [-0.1, -0.05) is 0 Å². The van der Waals surface area contributed by atoms with Gasteiger partial charge in [0.1, 0.15) is 0 Å². The van der Waals surface area contributed by atoms with Gasteiger partial charge in [0.2, 0.25) is 0 Å². The first-order chi connectivity index (χ1) is 6.31. The summed E-state index contributed by atoms with van der Waals surface area (Å²) in [6.07, 6.45) is 0.899. The van der Waals surface area contributed by atoms with Crippen molar-refractivity contribution in [3.63, 3.8) is 0 Å². The van der Waals surface area contributed by atoms with Gasteiger partial charge in [-0.25, -0.2) is 4.39 Å². The Hall–Kier alpha value is -1.09. The summed E-state index contributed by atoms with van der Waals surface area (Å²) in [4.78, 5) is 0. The first kappa shape index (κ1) is 8.51. The molecule has 70 valence electrons. The molecule has 1 aromatic carbocycles. The molecule has 0 aromatic heterocycles. The molecule has 0 aliphatic carbocycles. The van der Waals surface area contributed by atoms with E-state index >= 15 is 0 Å². The Kier molecular flexibility index (Phi) is 2.19. The Morgan fingerprint density at radius 2 is 2.23 bits per heavy atom. The van der Waals surface area contributed by atoms with E-state index in [1.54, 1.807) is 12.1 Å². The SMILES string of the molecule is COc1cc2c(cc1F)CCNC2. The van der Waals surface area contributed by atoms with Gasteiger partial charge in [-0.2, -0.15) is 0 Å². The van der Waals surface area contributed by atoms with Crippen molar-refractivity contribution >= 4 is 0 Å². The Balaban J connectivity index is 2.44. The van der Waals surface area contributed by atoms with E-state index in [1.165, 1.54) is 7.11 Å². The molecule has 0 saturated heterocycles. The highest BCUT2D eigenvalue weighted by molar-refractivity contribution is 5.38. The zero-order valence-electron chi connectivity index (χ0n) is 7.56. The number of rotatable bonds is 1. The van der Waals surface area contributed by atoms with Crippen molar-refractivity contribution in [1.82, 2.24) is 5.32 Å². The molecule has 0 atom stereocenters. The minimum Gasteiger partial charge on any atom is -0.494 e. The Morgan fingerprint density at radius 3 is 3.00 bits per heavy atom. The maximum absolute atomic E-state index is 13.2. The second kappa shape index (κ2) is 3.34. The number of fused-ring (bicyclic) bond motifs is 1. The summed E-state index contributed by atoms with van der Waals surface area (Å²) in [5, 5.41) is 3.23. The molecule has 13 heavy (non-hydrogen) atoms. The zero-order chi connectivity index (χ0) is 9.26. The number of methoxy groups -OCH3 is 1. The first-order valence-electron chi connectivity index (χ1n) is 4.37. The fourth-order valence-corrected chi connectivity index (χ4v) is 1.64. The molecule has 0 unspecified atom stereocenters. The van der Waals surface area contributed by atoms with Crippen LogP contribution >= 0.6 is 0 Å². The fourth-order valence-electron chi connectivity index (χ4n) is 1.64. The van der Waals surface area contributed by atoms with Gasteiger partial charge >= 0.3 is 0 Å². The average molecular weight is 181 g/mol. The van der Waals surface area contributed by atoms with Crippen LogP contribution in [-0.4, -0.2) is 13.7 Å². The summed E-state index contributed by atoms with van der Waals surface area (Å²) in [5.41, 5.74) is 2.24. The first-order valence-corrected chi connectivity index (χ1v) is 4.37. The third-order valence-electron chi connectivity index (χ3n) is 2.36. The van der Waals surface area contributed by atoms with Crippen LogP contribution in [0.2, 0.25) is 0 Å². The van der Waals surface area contributed by atoms with E-state index in [-0.39, 0.29) is 5.82 Å². The summed E-state index contributed by atoms with van der Waals surface area (Å²) in [6, 6.07) is 3.35. The molecule has 2 rings (SSSR count). The Bertz CT molecular complexity index is 325. The largest absolute Gasteiger partial charge is 0.494 e. The van der Waals surface area contributed by atoms with E-state index in [0.29, 0.717) is 5.75 Å². The predicted molar refractivity (Wildman–Crippen MR) is 48.4 cm³/mol. The highest BCUT2D eigenvalue weighted by Crippen LogP contribution is 2.23. The van der Waals surface area contributed by atoms with E-state index in [4.69, 9.17) is 4.74 Å². The summed E-state index contributed by atoms with van der Waals surface area (Å²) >= 11 is 0. The number of nitrogens with one attached hydrogen (secondary N) is 1. The van der Waals surface area contributed by atoms with Crippen molar-refractivity contribution in [1.29, 1.82) is 0 Å². The molecular weight excluding hydrogens is 169 g/mol. The second-order valence-corrected chi connectivity index (χ2v) is 3.18. The molecular formula is C10H12FNO. The van der Waals surface area contributed by atoms with Crippen molar-refractivity contribution in [2.75, 3.05) is 13.7 Å². The van der Waals surface area contributed by atoms with Gasteiger partial charge in [-0.05, 0) is 36.2 Å². The van der Waals surface area contributed by atoms with Gasteiger partial charge in [0.05, 0.1) is 7.11 Å². The molecule has 0 radical (unpaired) electrons. The Labute approximate surface area is 76.7 Å². The van der Waals surface area contributed by atoms with Crippen LogP contribution in [0, 0.1) is 5.82 Å². The number of halogens is 1. The van der Waals surface area contributed by atoms with Crippen LogP contribution in [0.5, 0.6) is 5.75 Å². The third kappa shape index (κ3) is 1.52. The quantitative estimate of drug-likeness (QED) is 0.708. The third-order valence-corrected chi connectivity index (χ3v) is 2.36. The molecule has 0 saturated carbocycles. The van der Waals surface area contributed by atoms with E-state index in [2.05, 4.69) is 5.32 Å². The Morgan fingerprint density at radius 1 is 1.38 bits per heavy atom. The van der Waals surface area contributed by atoms with Gasteiger partial charge in [0.15, 0.2) is 11.6 Å². The van der Waals surface area contributed by atoms with Crippen molar-refractivity contribution in [3.8, 4) is 5.75 Å². The average Bonchev–Trinajstić information content (AvgIpc) is 2.17. The minimum absolute atomic E-state index is 0.261. The van der Waals surface area contributed by atoms with Crippen LogP contribution in [-0.2, 0) is 13.0 Å². The van der Waals surface area contributed by atoms with E-state index in [9.17, 15) is 4.39 Å². The van der Waals surface area contributed by atoms with Gasteiger partial charge in [-0.15, -0.1) is 0 Å². The van der Waals surface area contributed by atoms with Gasteiger partial charge in [-0.3, -0.25) is 0 Å². The lowest BCUT2D eigenvalue weighted by atomic mass is 10.0. The zero-order valence-corrected chi connectivity index (χ0v) is 7.56. The highest BCUT2D eigenvalue weighted by atomic mass is 19.1. The maximum Gasteiger partial charge on any atom is 0.165 e. The van der Waals surface area contributed by atoms with Crippen molar-refractivity contribution < 1.29 is 9.13 Å². The van der Waals surface area contributed by atoms with E-state index in [0.717, 1.165) is 30.6 Å². The summed E-state index contributed by atoms with van der Waals surface area (Å²) in [7, 11) is 1.49. The molecule has 2 nitrogen and oxygen atoms in total. The van der Waals surface area contributed by atoms with E-state index < -0.39 is 0 Å². The lowest BCUT2D eigenvalue weighted by molar-refractivity contribution is 0.384.